The molecule has 90 valence electrons. The lowest BCUT2D eigenvalue weighted by Gasteiger charge is -2.18. The third-order valence-electron chi connectivity index (χ3n) is 2.27. The van der Waals surface area contributed by atoms with Gasteiger partial charge in [0.05, 0.1) is 25.5 Å². The van der Waals surface area contributed by atoms with E-state index in [1.807, 2.05) is 6.07 Å². The highest BCUT2D eigenvalue weighted by molar-refractivity contribution is 5.85. The van der Waals surface area contributed by atoms with Gasteiger partial charge in [-0.25, -0.2) is 14.8 Å². The van der Waals surface area contributed by atoms with E-state index in [-0.39, 0.29) is 12.3 Å². The Balaban J connectivity index is 3.16. The van der Waals surface area contributed by atoms with Crippen molar-refractivity contribution in [2.45, 2.75) is 19.3 Å². The molecule has 0 saturated carbocycles. The normalized spacial score (nSPS) is 13.3. The number of hydrogen-bond acceptors (Lipinski definition) is 6. The summed E-state index contributed by atoms with van der Waals surface area (Å²) in [6.07, 6.45) is 1.24. The molecule has 0 aromatic carbocycles. The molecule has 0 saturated heterocycles. The summed E-state index contributed by atoms with van der Waals surface area (Å²) in [5, 5.41) is 9.15. The number of ether oxygens (including phenoxy) is 2. The quantitative estimate of drug-likeness (QED) is 0.718. The van der Waals surface area contributed by atoms with Gasteiger partial charge in [0, 0.05) is 6.07 Å². The first-order chi connectivity index (χ1) is 8.08. The van der Waals surface area contributed by atoms with E-state index in [0.29, 0.717) is 5.88 Å². The van der Waals surface area contributed by atoms with Crippen molar-refractivity contribution in [3.05, 3.63) is 18.1 Å². The molecule has 0 spiro atoms. The minimum absolute atomic E-state index is 0.207. The topological polar surface area (TPSA) is 85.1 Å². The Morgan fingerprint density at radius 2 is 2.29 bits per heavy atom. The molecule has 0 aliphatic rings. The van der Waals surface area contributed by atoms with Crippen LogP contribution >= 0.6 is 0 Å². The van der Waals surface area contributed by atoms with Gasteiger partial charge in [-0.3, -0.25) is 0 Å². The Kier molecular flexibility index (Phi) is 3.99. The van der Waals surface area contributed by atoms with Crippen molar-refractivity contribution < 1.29 is 14.3 Å². The fraction of sp³-hybridized carbons (Fsp3) is 0.455. The average molecular weight is 235 g/mol. The molecular weight excluding hydrogens is 222 g/mol. The SMILES string of the molecule is CCOC(=O)C(C)(C#N)c1cc(OC)ncn1. The van der Waals surface area contributed by atoms with E-state index in [9.17, 15) is 4.79 Å². The molecule has 0 bridgehead atoms. The van der Waals surface area contributed by atoms with Crippen molar-refractivity contribution >= 4 is 5.97 Å². The molecule has 0 aliphatic carbocycles. The third kappa shape index (κ3) is 2.50. The summed E-state index contributed by atoms with van der Waals surface area (Å²) in [5.41, 5.74) is -1.20. The van der Waals surface area contributed by atoms with Crippen LogP contribution in [0.1, 0.15) is 19.5 Å². The number of methoxy groups -OCH3 is 1. The Bertz CT molecular complexity index is 456. The van der Waals surface area contributed by atoms with Crippen LogP contribution < -0.4 is 4.74 Å². The number of carbonyl (C=O) groups excluding carboxylic acids is 1. The summed E-state index contributed by atoms with van der Waals surface area (Å²) in [5.74, 6) is -0.343. The number of nitrogens with zero attached hydrogens (tertiary/aromatic N) is 3. The molecule has 1 unspecified atom stereocenters. The lowest BCUT2D eigenvalue weighted by atomic mass is 9.88. The summed E-state index contributed by atoms with van der Waals surface area (Å²) < 4.78 is 9.78. The number of nitriles is 1. The highest BCUT2D eigenvalue weighted by Gasteiger charge is 2.39. The van der Waals surface area contributed by atoms with Crippen LogP contribution in [-0.4, -0.2) is 29.7 Å². The van der Waals surface area contributed by atoms with Crippen LogP contribution in [0.4, 0.5) is 0 Å². The van der Waals surface area contributed by atoms with Crippen molar-refractivity contribution in [1.29, 1.82) is 5.26 Å². The number of hydrogen-bond donors (Lipinski definition) is 0. The number of esters is 1. The zero-order valence-electron chi connectivity index (χ0n) is 9.93. The van der Waals surface area contributed by atoms with E-state index < -0.39 is 11.4 Å². The van der Waals surface area contributed by atoms with Crippen LogP contribution in [0.25, 0.3) is 0 Å². The molecule has 0 radical (unpaired) electrons. The van der Waals surface area contributed by atoms with Crippen molar-refractivity contribution in [3.8, 4) is 11.9 Å². The predicted molar refractivity (Wildman–Crippen MR) is 58.2 cm³/mol. The zero-order valence-corrected chi connectivity index (χ0v) is 9.93. The fourth-order valence-electron chi connectivity index (χ4n) is 1.21. The summed E-state index contributed by atoms with van der Waals surface area (Å²) in [4.78, 5) is 19.5. The minimum Gasteiger partial charge on any atom is -0.481 e. The second kappa shape index (κ2) is 5.25. The molecule has 17 heavy (non-hydrogen) atoms. The molecule has 6 heteroatoms. The molecule has 1 aromatic rings. The molecule has 0 N–H and O–H groups in total. The van der Waals surface area contributed by atoms with Gasteiger partial charge < -0.3 is 9.47 Å². The van der Waals surface area contributed by atoms with Gasteiger partial charge in [0.25, 0.3) is 0 Å². The second-order valence-corrected chi connectivity index (χ2v) is 3.40. The first-order valence-electron chi connectivity index (χ1n) is 5.03. The maximum absolute atomic E-state index is 11.8. The van der Waals surface area contributed by atoms with Crippen LogP contribution in [0.15, 0.2) is 12.4 Å². The van der Waals surface area contributed by atoms with Crippen LogP contribution in [0, 0.1) is 11.3 Å². The molecule has 0 amide bonds. The molecular formula is C11H13N3O3. The van der Waals surface area contributed by atoms with Gasteiger partial charge in [0.1, 0.15) is 6.33 Å². The number of carbonyl (C=O) groups is 1. The van der Waals surface area contributed by atoms with Gasteiger partial charge in [-0.15, -0.1) is 0 Å². The smallest absolute Gasteiger partial charge is 0.332 e. The number of aromatic nitrogens is 2. The van der Waals surface area contributed by atoms with E-state index in [0.717, 1.165) is 0 Å². The van der Waals surface area contributed by atoms with Crippen molar-refractivity contribution in [1.82, 2.24) is 9.97 Å². The van der Waals surface area contributed by atoms with Gasteiger partial charge in [0.15, 0.2) is 5.41 Å². The summed E-state index contributed by atoms with van der Waals surface area (Å²) in [7, 11) is 1.44. The van der Waals surface area contributed by atoms with E-state index >= 15 is 0 Å². The van der Waals surface area contributed by atoms with Crippen LogP contribution in [0.3, 0.4) is 0 Å². The highest BCUT2D eigenvalue weighted by atomic mass is 16.5. The third-order valence-corrected chi connectivity index (χ3v) is 2.27. The van der Waals surface area contributed by atoms with Crippen molar-refractivity contribution in [2.24, 2.45) is 0 Å². The Labute approximate surface area is 99.2 Å². The van der Waals surface area contributed by atoms with Crippen molar-refractivity contribution in [2.75, 3.05) is 13.7 Å². The molecule has 0 fully saturated rings. The lowest BCUT2D eigenvalue weighted by Crippen LogP contribution is -2.34. The van der Waals surface area contributed by atoms with Gasteiger partial charge in [-0.1, -0.05) is 0 Å². The van der Waals surface area contributed by atoms with Gasteiger partial charge >= 0.3 is 5.97 Å². The van der Waals surface area contributed by atoms with Gasteiger partial charge in [0.2, 0.25) is 5.88 Å². The molecule has 1 heterocycles. The van der Waals surface area contributed by atoms with E-state index in [1.54, 1.807) is 6.92 Å². The van der Waals surface area contributed by atoms with Gasteiger partial charge in [-0.05, 0) is 13.8 Å². The van der Waals surface area contributed by atoms with E-state index in [1.165, 1.54) is 26.4 Å². The van der Waals surface area contributed by atoms with Crippen LogP contribution in [0.2, 0.25) is 0 Å². The molecule has 6 nitrogen and oxygen atoms in total. The standard InChI is InChI=1S/C11H13N3O3/c1-4-17-10(15)11(2,6-12)8-5-9(16-3)14-7-13-8/h5,7H,4H2,1-3H3. The molecule has 1 aromatic heterocycles. The lowest BCUT2D eigenvalue weighted by molar-refractivity contribution is -0.147. The summed E-state index contributed by atoms with van der Waals surface area (Å²) in [6, 6.07) is 3.35. The second-order valence-electron chi connectivity index (χ2n) is 3.40. The monoisotopic (exact) mass is 235 g/mol. The first kappa shape index (κ1) is 12.9. The average Bonchev–Trinajstić information content (AvgIpc) is 2.38. The van der Waals surface area contributed by atoms with E-state index in [2.05, 4.69) is 9.97 Å². The maximum Gasteiger partial charge on any atom is 0.332 e. The molecule has 1 atom stereocenters. The summed E-state index contributed by atoms with van der Waals surface area (Å²) >= 11 is 0. The highest BCUT2D eigenvalue weighted by Crippen LogP contribution is 2.24. The van der Waals surface area contributed by atoms with Crippen LogP contribution in [-0.2, 0) is 14.9 Å². The first-order valence-corrected chi connectivity index (χ1v) is 5.03. The maximum atomic E-state index is 11.8. The van der Waals surface area contributed by atoms with E-state index in [4.69, 9.17) is 14.7 Å². The molecule has 1 rings (SSSR count). The predicted octanol–water partition coefficient (Wildman–Crippen LogP) is 0.830. The zero-order chi connectivity index (χ0) is 12.9. The Hall–Kier alpha value is -2.16. The van der Waals surface area contributed by atoms with Crippen molar-refractivity contribution in [3.63, 3.8) is 0 Å². The summed E-state index contributed by atoms with van der Waals surface area (Å²) in [6.45, 7) is 3.33. The Morgan fingerprint density at radius 3 is 2.82 bits per heavy atom. The van der Waals surface area contributed by atoms with Crippen LogP contribution in [0.5, 0.6) is 5.88 Å². The molecule has 0 aliphatic heterocycles. The minimum atomic E-state index is -1.45. The van der Waals surface area contributed by atoms with Gasteiger partial charge in [-0.2, -0.15) is 5.26 Å². The Morgan fingerprint density at radius 1 is 1.59 bits per heavy atom. The fourth-order valence-corrected chi connectivity index (χ4v) is 1.21. The number of rotatable bonds is 4. The largest absolute Gasteiger partial charge is 0.481 e.